The van der Waals surface area contributed by atoms with Crippen LogP contribution in [0.15, 0.2) is 30.3 Å². The van der Waals surface area contributed by atoms with Crippen molar-refractivity contribution in [3.63, 3.8) is 0 Å². The number of aryl methyl sites for hydroxylation is 1. The Labute approximate surface area is 107 Å². The summed E-state index contributed by atoms with van der Waals surface area (Å²) in [6, 6.07) is 10.5. The van der Waals surface area contributed by atoms with E-state index in [1.54, 1.807) is 0 Å². The summed E-state index contributed by atoms with van der Waals surface area (Å²) in [5.41, 5.74) is 1.41. The zero-order chi connectivity index (χ0) is 12.3. The van der Waals surface area contributed by atoms with Gasteiger partial charge in [-0.15, -0.1) is 0 Å². The van der Waals surface area contributed by atoms with E-state index < -0.39 is 0 Å². The van der Waals surface area contributed by atoms with Gasteiger partial charge in [-0.3, -0.25) is 0 Å². The van der Waals surface area contributed by atoms with Gasteiger partial charge in [0.15, 0.2) is 0 Å². The number of hydrogen-bond donors (Lipinski definition) is 0. The molecule has 1 nitrogen and oxygen atoms in total. The fourth-order valence-corrected chi connectivity index (χ4v) is 2.21. The van der Waals surface area contributed by atoms with Crippen molar-refractivity contribution >= 4 is 0 Å². The minimum absolute atomic E-state index is 1.14. The molecule has 1 aliphatic heterocycles. The highest BCUT2D eigenvalue weighted by Gasteiger charge is 2.07. The third-order valence-electron chi connectivity index (χ3n) is 3.24. The average Bonchev–Trinajstić information content (AvgIpc) is 2.42. The molecule has 0 N–H and O–H groups in total. The molecule has 1 heterocycles. The first kappa shape index (κ1) is 14.2. The van der Waals surface area contributed by atoms with Gasteiger partial charge in [0.1, 0.15) is 0 Å². The quantitative estimate of drug-likeness (QED) is 0.758. The molecule has 2 rings (SSSR count). The Bertz CT molecular complexity index is 259. The van der Waals surface area contributed by atoms with E-state index in [2.05, 4.69) is 43.0 Å². The molecular weight excluding hydrogens is 206 g/mol. The van der Waals surface area contributed by atoms with Gasteiger partial charge in [-0.1, -0.05) is 50.6 Å². The van der Waals surface area contributed by atoms with Crippen LogP contribution in [0.25, 0.3) is 0 Å². The van der Waals surface area contributed by atoms with Crippen LogP contribution in [0.2, 0.25) is 0 Å². The second-order valence-corrected chi connectivity index (χ2v) is 4.74. The van der Waals surface area contributed by atoms with Crippen LogP contribution < -0.4 is 0 Å². The molecule has 1 saturated heterocycles. The Kier molecular flexibility index (Phi) is 7.74. The van der Waals surface area contributed by atoms with Gasteiger partial charge in [0.05, 0.1) is 0 Å². The fraction of sp³-hybridized carbons (Fsp3) is 0.625. The Balaban J connectivity index is 0.000000171. The lowest BCUT2D eigenvalue weighted by Gasteiger charge is -2.25. The molecule has 0 saturated carbocycles. The van der Waals surface area contributed by atoms with Crippen molar-refractivity contribution in [2.24, 2.45) is 0 Å². The van der Waals surface area contributed by atoms with E-state index in [-0.39, 0.29) is 0 Å². The van der Waals surface area contributed by atoms with Crippen molar-refractivity contribution < 1.29 is 0 Å². The highest BCUT2D eigenvalue weighted by Crippen LogP contribution is 2.07. The Morgan fingerprint density at radius 3 is 2.06 bits per heavy atom. The molecule has 0 aromatic heterocycles. The topological polar surface area (TPSA) is 3.24 Å². The summed E-state index contributed by atoms with van der Waals surface area (Å²) in [5, 5.41) is 0. The maximum atomic E-state index is 2.57. The van der Waals surface area contributed by atoms with Gasteiger partial charge >= 0.3 is 0 Å². The van der Waals surface area contributed by atoms with Crippen molar-refractivity contribution in [1.29, 1.82) is 0 Å². The third kappa shape index (κ3) is 6.48. The summed E-state index contributed by atoms with van der Waals surface area (Å²) in [6.07, 6.45) is 6.78. The molecule has 0 radical (unpaired) electrons. The lowest BCUT2D eigenvalue weighted by Crippen LogP contribution is -2.30. The molecule has 1 heteroatoms. The number of rotatable bonds is 3. The van der Waals surface area contributed by atoms with E-state index in [9.17, 15) is 0 Å². The van der Waals surface area contributed by atoms with Gasteiger partial charge < -0.3 is 4.90 Å². The highest BCUT2D eigenvalue weighted by molar-refractivity contribution is 5.13. The molecule has 0 amide bonds. The third-order valence-corrected chi connectivity index (χ3v) is 3.24. The van der Waals surface area contributed by atoms with Gasteiger partial charge in [-0.2, -0.15) is 0 Å². The van der Waals surface area contributed by atoms with Crippen molar-refractivity contribution in [3.05, 3.63) is 35.9 Å². The summed E-state index contributed by atoms with van der Waals surface area (Å²) in [4.78, 5) is 2.57. The molecule has 0 bridgehead atoms. The number of nitrogens with zero attached hydrogens (tertiary/aromatic N) is 1. The van der Waals surface area contributed by atoms with E-state index in [0.29, 0.717) is 0 Å². The second kappa shape index (κ2) is 9.23. The van der Waals surface area contributed by atoms with Gasteiger partial charge in [0, 0.05) is 0 Å². The molecule has 96 valence electrons. The first-order valence-corrected chi connectivity index (χ1v) is 7.13. The van der Waals surface area contributed by atoms with Gasteiger partial charge in [0.2, 0.25) is 0 Å². The van der Waals surface area contributed by atoms with Crippen LogP contribution in [-0.4, -0.2) is 24.5 Å². The van der Waals surface area contributed by atoms with Crippen LogP contribution in [0.5, 0.6) is 0 Å². The van der Waals surface area contributed by atoms with E-state index in [0.717, 1.165) is 6.42 Å². The zero-order valence-corrected chi connectivity index (χ0v) is 11.5. The summed E-state index contributed by atoms with van der Waals surface area (Å²) < 4.78 is 0. The van der Waals surface area contributed by atoms with Gasteiger partial charge in [-0.25, -0.2) is 0 Å². The average molecular weight is 233 g/mol. The molecule has 1 fully saturated rings. The lowest BCUT2D eigenvalue weighted by molar-refractivity contribution is 0.229. The normalized spacial score (nSPS) is 16.1. The van der Waals surface area contributed by atoms with E-state index in [1.807, 2.05) is 6.07 Å². The minimum atomic E-state index is 1.14. The molecule has 0 atom stereocenters. The number of piperidine rings is 1. The lowest BCUT2D eigenvalue weighted by atomic mass is 10.1. The Morgan fingerprint density at radius 1 is 0.941 bits per heavy atom. The molecule has 0 spiro atoms. The monoisotopic (exact) mass is 233 g/mol. The van der Waals surface area contributed by atoms with Crippen LogP contribution >= 0.6 is 0 Å². The predicted octanol–water partition coefficient (Wildman–Crippen LogP) is 4.13. The molecule has 1 aromatic carbocycles. The number of likely N-dealkylation sites (tertiary alicyclic amines) is 1. The largest absolute Gasteiger partial charge is 0.303 e. The van der Waals surface area contributed by atoms with Gasteiger partial charge in [-0.05, 0) is 50.9 Å². The summed E-state index contributed by atoms with van der Waals surface area (Å²) in [7, 11) is 0. The molecule has 0 aliphatic carbocycles. The molecule has 1 aromatic rings. The second-order valence-electron chi connectivity index (χ2n) is 4.74. The molecule has 17 heavy (non-hydrogen) atoms. The van der Waals surface area contributed by atoms with Crippen molar-refractivity contribution in [2.45, 2.75) is 46.0 Å². The Hall–Kier alpha value is -0.820. The maximum Gasteiger partial charge on any atom is -0.00187 e. The minimum Gasteiger partial charge on any atom is -0.303 e. The van der Waals surface area contributed by atoms with Crippen LogP contribution in [0.3, 0.4) is 0 Å². The van der Waals surface area contributed by atoms with E-state index in [4.69, 9.17) is 0 Å². The van der Waals surface area contributed by atoms with Crippen LogP contribution in [0, 0.1) is 0 Å². The number of hydrogen-bond acceptors (Lipinski definition) is 1. The van der Waals surface area contributed by atoms with Gasteiger partial charge in [0.25, 0.3) is 0 Å². The molecule has 0 unspecified atom stereocenters. The SMILES string of the molecule is CCCN1CCCCC1.CCc1ccccc1. The Morgan fingerprint density at radius 2 is 1.59 bits per heavy atom. The molecule has 1 aliphatic rings. The number of benzene rings is 1. The summed E-state index contributed by atoms with van der Waals surface area (Å²) in [6.45, 7) is 8.45. The van der Waals surface area contributed by atoms with E-state index >= 15 is 0 Å². The fourth-order valence-electron chi connectivity index (χ4n) is 2.21. The van der Waals surface area contributed by atoms with Crippen molar-refractivity contribution in [3.8, 4) is 0 Å². The van der Waals surface area contributed by atoms with E-state index in [1.165, 1.54) is 50.9 Å². The van der Waals surface area contributed by atoms with Crippen molar-refractivity contribution in [1.82, 2.24) is 4.90 Å². The first-order chi connectivity index (χ1) is 8.36. The van der Waals surface area contributed by atoms with Crippen molar-refractivity contribution in [2.75, 3.05) is 19.6 Å². The standard InChI is InChI=1S/C8H17N.C8H10/c1-2-6-9-7-4-3-5-8-9;1-2-8-6-4-3-5-7-8/h2-8H2,1H3;3-7H,2H2,1H3. The highest BCUT2D eigenvalue weighted by atomic mass is 15.1. The van der Waals surface area contributed by atoms with Crippen LogP contribution in [0.4, 0.5) is 0 Å². The zero-order valence-electron chi connectivity index (χ0n) is 11.5. The first-order valence-electron chi connectivity index (χ1n) is 7.13. The maximum absolute atomic E-state index is 2.57. The van der Waals surface area contributed by atoms with Crippen LogP contribution in [0.1, 0.15) is 45.1 Å². The smallest absolute Gasteiger partial charge is 0.00187 e. The summed E-state index contributed by atoms with van der Waals surface area (Å²) >= 11 is 0. The summed E-state index contributed by atoms with van der Waals surface area (Å²) in [5.74, 6) is 0. The molecular formula is C16H27N. The predicted molar refractivity (Wildman–Crippen MR) is 76.4 cm³/mol. The van der Waals surface area contributed by atoms with Crippen LogP contribution in [-0.2, 0) is 6.42 Å².